The molecule has 1 aromatic heterocycles. The molecule has 7 nitrogen and oxygen atoms in total. The van der Waals surface area contributed by atoms with Crippen molar-refractivity contribution in [1.29, 1.82) is 0 Å². The fraction of sp³-hybridized carbons (Fsp3) is 0.217. The fourth-order valence-corrected chi connectivity index (χ4v) is 3.72. The highest BCUT2D eigenvalue weighted by molar-refractivity contribution is 6.30. The highest BCUT2D eigenvalue weighted by atomic mass is 35.5. The van der Waals surface area contributed by atoms with E-state index in [4.69, 9.17) is 21.4 Å². The Hall–Kier alpha value is -3.45. The number of imidazole rings is 1. The van der Waals surface area contributed by atoms with E-state index < -0.39 is 5.92 Å². The lowest BCUT2D eigenvalue weighted by atomic mass is 9.91. The minimum absolute atomic E-state index is 0.252. The second-order valence-corrected chi connectivity index (χ2v) is 7.53. The molecule has 1 N–H and O–H groups in total. The maximum absolute atomic E-state index is 13.0. The zero-order chi connectivity index (χ0) is 22.0. The molecule has 3 aromatic rings. The van der Waals surface area contributed by atoms with Crippen LogP contribution in [-0.2, 0) is 14.3 Å². The van der Waals surface area contributed by atoms with Crippen molar-refractivity contribution >= 4 is 35.1 Å². The number of fused-ring (bicyclic) bond motifs is 1. The molecule has 2 aromatic carbocycles. The van der Waals surface area contributed by atoms with E-state index in [9.17, 15) is 9.59 Å². The molecule has 8 heteroatoms. The van der Waals surface area contributed by atoms with Crippen molar-refractivity contribution < 1.29 is 14.3 Å². The molecule has 2 heterocycles. The van der Waals surface area contributed by atoms with Gasteiger partial charge in [-0.1, -0.05) is 54.1 Å². The smallest absolute Gasteiger partial charge is 0.315 e. The Balaban J connectivity index is 1.93. The number of hydrogen-bond acceptors (Lipinski definition) is 5. The molecule has 0 saturated carbocycles. The van der Waals surface area contributed by atoms with Gasteiger partial charge < -0.3 is 4.74 Å². The first-order valence-electron chi connectivity index (χ1n) is 9.94. The summed E-state index contributed by atoms with van der Waals surface area (Å²) in [5, 5.41) is 8.08. The van der Waals surface area contributed by atoms with Crippen molar-refractivity contribution in [2.45, 2.75) is 26.2 Å². The van der Waals surface area contributed by atoms with Gasteiger partial charge in [0.25, 0.3) is 0 Å². The number of hydrogen-bond donors (Lipinski definition) is 1. The van der Waals surface area contributed by atoms with Gasteiger partial charge in [0.2, 0.25) is 11.9 Å². The van der Waals surface area contributed by atoms with Crippen LogP contribution < -0.4 is 5.32 Å². The number of carbonyl (C=O) groups excluding carboxylic acids is 2. The molecule has 0 bridgehead atoms. The van der Waals surface area contributed by atoms with Crippen molar-refractivity contribution in [3.05, 3.63) is 70.9 Å². The van der Waals surface area contributed by atoms with Crippen molar-refractivity contribution in [3.63, 3.8) is 0 Å². The summed E-state index contributed by atoms with van der Waals surface area (Å²) in [6, 6.07) is 16.7. The molecule has 1 aliphatic heterocycles. The maximum atomic E-state index is 13.0. The van der Waals surface area contributed by atoms with Crippen LogP contribution in [0.1, 0.15) is 37.4 Å². The summed E-state index contributed by atoms with van der Waals surface area (Å²) < 4.78 is 6.92. The number of rotatable bonds is 5. The number of nitrogens with one attached hydrogen (secondary N) is 1. The van der Waals surface area contributed by atoms with E-state index in [-0.39, 0.29) is 24.4 Å². The van der Waals surface area contributed by atoms with Gasteiger partial charge in [-0.2, -0.15) is 5.10 Å². The number of nitrogens with zero attached hydrogens (tertiary/aromatic N) is 3. The molecule has 158 valence electrons. The molecule has 0 radical (unpaired) electrons. The second kappa shape index (κ2) is 8.73. The van der Waals surface area contributed by atoms with Crippen LogP contribution in [0, 0.1) is 0 Å². The standard InChI is InChI=1S/C23H21ClN4O3/c1-3-31-22(30)18-13-19(15-9-11-17(24)12-10-15)27-28-21(18)20(16-7-5-4-6-8-16)26-23(28)25-14(2)29/h4-12,18H,3,13H2,1-2H3,(H,25,26,29). The van der Waals surface area contributed by atoms with Crippen molar-refractivity contribution in [1.82, 2.24) is 9.66 Å². The molecule has 1 atom stereocenters. The predicted octanol–water partition coefficient (Wildman–Crippen LogP) is 4.46. The van der Waals surface area contributed by atoms with Gasteiger partial charge in [0.1, 0.15) is 5.92 Å². The minimum atomic E-state index is -0.631. The lowest BCUT2D eigenvalue weighted by Crippen LogP contribution is -2.27. The minimum Gasteiger partial charge on any atom is -0.465 e. The van der Waals surface area contributed by atoms with Crippen LogP contribution in [0.15, 0.2) is 59.7 Å². The third kappa shape index (κ3) is 4.22. The summed E-state index contributed by atoms with van der Waals surface area (Å²) in [7, 11) is 0. The summed E-state index contributed by atoms with van der Waals surface area (Å²) in [6.07, 6.45) is 0.339. The zero-order valence-corrected chi connectivity index (χ0v) is 17.9. The van der Waals surface area contributed by atoms with Crippen LogP contribution in [-0.4, -0.2) is 33.9 Å². The largest absolute Gasteiger partial charge is 0.465 e. The van der Waals surface area contributed by atoms with Crippen molar-refractivity contribution in [2.24, 2.45) is 5.10 Å². The first-order chi connectivity index (χ1) is 15.0. The van der Waals surface area contributed by atoms with E-state index >= 15 is 0 Å². The van der Waals surface area contributed by atoms with Crippen LogP contribution >= 0.6 is 11.6 Å². The van der Waals surface area contributed by atoms with Gasteiger partial charge in [-0.15, -0.1) is 0 Å². The Bertz CT molecular complexity index is 1150. The summed E-state index contributed by atoms with van der Waals surface area (Å²) in [5.74, 6) is -1.03. The van der Waals surface area contributed by atoms with E-state index in [1.807, 2.05) is 42.5 Å². The molecule has 1 aliphatic rings. The molecule has 0 spiro atoms. The fourth-order valence-electron chi connectivity index (χ4n) is 3.59. The van der Waals surface area contributed by atoms with E-state index in [0.717, 1.165) is 11.1 Å². The SMILES string of the molecule is CCOC(=O)C1CC(c2ccc(Cl)cc2)=Nn2c(NC(C)=O)nc(-c3ccccc3)c21. The highest BCUT2D eigenvalue weighted by Crippen LogP contribution is 2.38. The quantitative estimate of drug-likeness (QED) is 0.598. The molecule has 1 amide bonds. The summed E-state index contributed by atoms with van der Waals surface area (Å²) in [4.78, 5) is 29.4. The number of ether oxygens (including phenoxy) is 1. The maximum Gasteiger partial charge on any atom is 0.315 e. The Morgan fingerprint density at radius 1 is 1.13 bits per heavy atom. The number of carbonyl (C=O) groups is 2. The van der Waals surface area contributed by atoms with E-state index in [2.05, 4.69) is 10.3 Å². The molecule has 0 fully saturated rings. The number of halogens is 1. The predicted molar refractivity (Wildman–Crippen MR) is 119 cm³/mol. The van der Waals surface area contributed by atoms with Gasteiger partial charge in [-0.05, 0) is 24.6 Å². The average Bonchev–Trinajstić information content (AvgIpc) is 3.12. The van der Waals surface area contributed by atoms with Gasteiger partial charge in [0, 0.05) is 23.9 Å². The van der Waals surface area contributed by atoms with Gasteiger partial charge in [0.05, 0.1) is 23.7 Å². The van der Waals surface area contributed by atoms with Crippen LogP contribution in [0.4, 0.5) is 5.95 Å². The van der Waals surface area contributed by atoms with Gasteiger partial charge in [0.15, 0.2) is 0 Å². The highest BCUT2D eigenvalue weighted by Gasteiger charge is 2.36. The van der Waals surface area contributed by atoms with Crippen LogP contribution in [0.5, 0.6) is 0 Å². The summed E-state index contributed by atoms with van der Waals surface area (Å²) >= 11 is 6.03. The van der Waals surface area contributed by atoms with Gasteiger partial charge >= 0.3 is 5.97 Å². The molecule has 0 aliphatic carbocycles. The number of esters is 1. The Labute approximate surface area is 184 Å². The van der Waals surface area contributed by atoms with E-state index in [1.165, 1.54) is 6.92 Å². The molecular weight excluding hydrogens is 416 g/mol. The Morgan fingerprint density at radius 3 is 2.48 bits per heavy atom. The first-order valence-corrected chi connectivity index (χ1v) is 10.3. The monoisotopic (exact) mass is 436 g/mol. The average molecular weight is 437 g/mol. The number of aromatic nitrogens is 2. The zero-order valence-electron chi connectivity index (χ0n) is 17.1. The summed E-state index contributed by atoms with van der Waals surface area (Å²) in [6.45, 7) is 3.43. The molecule has 0 saturated heterocycles. The van der Waals surface area contributed by atoms with Crippen molar-refractivity contribution in [3.8, 4) is 11.3 Å². The number of benzene rings is 2. The lowest BCUT2D eigenvalue weighted by molar-refractivity contribution is -0.145. The third-order valence-electron chi connectivity index (χ3n) is 4.92. The van der Waals surface area contributed by atoms with Crippen LogP contribution in [0.2, 0.25) is 5.02 Å². The Morgan fingerprint density at radius 2 is 1.84 bits per heavy atom. The van der Waals surface area contributed by atoms with Gasteiger partial charge in [-0.3, -0.25) is 14.9 Å². The Kier molecular flexibility index (Phi) is 5.86. The molecule has 31 heavy (non-hydrogen) atoms. The first kappa shape index (κ1) is 20.8. The molecular formula is C23H21ClN4O3. The number of amides is 1. The van der Waals surface area contributed by atoms with E-state index in [1.54, 1.807) is 23.7 Å². The van der Waals surface area contributed by atoms with Crippen LogP contribution in [0.25, 0.3) is 11.3 Å². The summed E-state index contributed by atoms with van der Waals surface area (Å²) in [5.41, 5.74) is 3.49. The second-order valence-electron chi connectivity index (χ2n) is 7.09. The van der Waals surface area contributed by atoms with Crippen molar-refractivity contribution in [2.75, 3.05) is 11.9 Å². The lowest BCUT2D eigenvalue weighted by Gasteiger charge is -2.24. The normalized spacial score (nSPS) is 15.1. The number of anilines is 1. The van der Waals surface area contributed by atoms with Crippen LogP contribution in [0.3, 0.4) is 0 Å². The molecule has 4 rings (SSSR count). The molecule has 1 unspecified atom stereocenters. The third-order valence-corrected chi connectivity index (χ3v) is 5.17. The van der Waals surface area contributed by atoms with E-state index in [0.29, 0.717) is 28.5 Å². The topological polar surface area (TPSA) is 85.6 Å². The van der Waals surface area contributed by atoms with Gasteiger partial charge in [-0.25, -0.2) is 9.66 Å².